The van der Waals surface area contributed by atoms with Gasteiger partial charge in [0, 0.05) is 6.54 Å². The number of aromatic nitrogens is 3. The summed E-state index contributed by atoms with van der Waals surface area (Å²) in [6.45, 7) is 10.7. The second-order valence-electron chi connectivity index (χ2n) is 7.59. The molecule has 10 heteroatoms. The van der Waals surface area contributed by atoms with Crippen LogP contribution in [0.25, 0.3) is 0 Å². The van der Waals surface area contributed by atoms with Crippen LogP contribution in [0.3, 0.4) is 0 Å². The number of ether oxygens (including phenoxy) is 2. The van der Waals surface area contributed by atoms with Gasteiger partial charge in [-0.05, 0) is 53.1 Å². The lowest BCUT2D eigenvalue weighted by molar-refractivity contribution is -0.155. The molecule has 1 atom stereocenters. The van der Waals surface area contributed by atoms with Gasteiger partial charge in [-0.2, -0.15) is 4.98 Å². The highest BCUT2D eigenvalue weighted by Gasteiger charge is 2.24. The van der Waals surface area contributed by atoms with Gasteiger partial charge >= 0.3 is 12.1 Å². The van der Waals surface area contributed by atoms with Crippen molar-refractivity contribution < 1.29 is 19.1 Å². The van der Waals surface area contributed by atoms with Crippen molar-refractivity contribution in [2.45, 2.75) is 65.2 Å². The molecule has 1 heterocycles. The van der Waals surface area contributed by atoms with Crippen LogP contribution in [0.1, 0.15) is 48.0 Å². The molecule has 26 heavy (non-hydrogen) atoms. The topological polar surface area (TPSA) is 115 Å². The van der Waals surface area contributed by atoms with Gasteiger partial charge < -0.3 is 20.1 Å². The second kappa shape index (κ2) is 8.98. The number of carbonyl (C=O) groups excluding carboxylic acids is 2. The van der Waals surface area contributed by atoms with E-state index in [1.807, 2.05) is 0 Å². The molecule has 0 fully saturated rings. The van der Waals surface area contributed by atoms with Crippen LogP contribution < -0.4 is 10.6 Å². The van der Waals surface area contributed by atoms with E-state index in [-0.39, 0.29) is 24.2 Å². The van der Waals surface area contributed by atoms with Crippen LogP contribution in [-0.2, 0) is 14.3 Å². The predicted molar refractivity (Wildman–Crippen MR) is 96.9 cm³/mol. The lowest BCUT2D eigenvalue weighted by Crippen LogP contribution is -2.44. The molecular formula is C16H26ClN5O4. The normalized spacial score (nSPS) is 12.9. The number of hydrogen-bond acceptors (Lipinski definition) is 8. The van der Waals surface area contributed by atoms with E-state index in [4.69, 9.17) is 21.1 Å². The standard InChI is InChI=1S/C16H26ClN5O4/c1-15(2,3)25-11(23)7-10(21-14(24)26-16(4,5)6)8-18-13-20-9-19-12(17)22-13/h9-10H,7-8H2,1-6H3,(H,21,24)(H,18,19,20,22)/t10-/m0/s1. The Bertz CT molecular complexity index is 598. The van der Waals surface area contributed by atoms with Crippen LogP contribution in [0.4, 0.5) is 10.7 Å². The van der Waals surface area contributed by atoms with Crippen molar-refractivity contribution in [2.75, 3.05) is 11.9 Å². The Balaban J connectivity index is 2.73. The van der Waals surface area contributed by atoms with Crippen LogP contribution in [0.2, 0.25) is 5.28 Å². The number of rotatable bonds is 6. The van der Waals surface area contributed by atoms with E-state index in [0.717, 1.165) is 0 Å². The van der Waals surface area contributed by atoms with Gasteiger partial charge in [0.1, 0.15) is 17.5 Å². The maximum atomic E-state index is 12.1. The Kier molecular flexibility index (Phi) is 7.55. The number of halogens is 1. The minimum Gasteiger partial charge on any atom is -0.460 e. The number of carbonyl (C=O) groups is 2. The van der Waals surface area contributed by atoms with Crippen LogP contribution >= 0.6 is 11.6 Å². The van der Waals surface area contributed by atoms with Crippen molar-refractivity contribution in [3.05, 3.63) is 11.6 Å². The van der Waals surface area contributed by atoms with E-state index in [2.05, 4.69) is 25.6 Å². The molecule has 1 aromatic heterocycles. The first-order valence-electron chi connectivity index (χ1n) is 8.14. The van der Waals surface area contributed by atoms with Gasteiger partial charge in [0.15, 0.2) is 0 Å². The molecule has 0 aliphatic rings. The van der Waals surface area contributed by atoms with Gasteiger partial charge in [-0.15, -0.1) is 0 Å². The third-order valence-electron chi connectivity index (χ3n) is 2.60. The lowest BCUT2D eigenvalue weighted by Gasteiger charge is -2.25. The fraction of sp³-hybridized carbons (Fsp3) is 0.688. The number of alkyl carbamates (subject to hydrolysis) is 1. The average molecular weight is 388 g/mol. The van der Waals surface area contributed by atoms with E-state index in [9.17, 15) is 9.59 Å². The molecule has 1 aromatic rings. The highest BCUT2D eigenvalue weighted by atomic mass is 35.5. The van der Waals surface area contributed by atoms with Gasteiger partial charge in [-0.3, -0.25) is 4.79 Å². The Labute approximate surface area is 158 Å². The van der Waals surface area contributed by atoms with Crippen molar-refractivity contribution in [1.82, 2.24) is 20.3 Å². The Hall–Kier alpha value is -2.16. The maximum absolute atomic E-state index is 12.1. The molecule has 2 N–H and O–H groups in total. The smallest absolute Gasteiger partial charge is 0.407 e. The number of anilines is 1. The monoisotopic (exact) mass is 387 g/mol. The third-order valence-corrected chi connectivity index (χ3v) is 2.79. The summed E-state index contributed by atoms with van der Waals surface area (Å²) in [5, 5.41) is 5.58. The highest BCUT2D eigenvalue weighted by molar-refractivity contribution is 6.28. The van der Waals surface area contributed by atoms with E-state index in [1.165, 1.54) is 6.33 Å². The highest BCUT2D eigenvalue weighted by Crippen LogP contribution is 2.11. The fourth-order valence-corrected chi connectivity index (χ4v) is 1.93. The molecule has 1 amide bonds. The summed E-state index contributed by atoms with van der Waals surface area (Å²) in [5.74, 6) is -0.223. The minimum absolute atomic E-state index is 0.0336. The molecule has 0 unspecified atom stereocenters. The van der Waals surface area contributed by atoms with E-state index in [1.54, 1.807) is 41.5 Å². The van der Waals surface area contributed by atoms with E-state index >= 15 is 0 Å². The minimum atomic E-state index is -0.657. The first-order chi connectivity index (χ1) is 11.8. The first kappa shape index (κ1) is 21.9. The fourth-order valence-electron chi connectivity index (χ4n) is 1.81. The van der Waals surface area contributed by atoms with Crippen molar-refractivity contribution in [3.63, 3.8) is 0 Å². The van der Waals surface area contributed by atoms with Crippen molar-refractivity contribution in [1.29, 1.82) is 0 Å². The second-order valence-corrected chi connectivity index (χ2v) is 7.93. The Morgan fingerprint density at radius 1 is 1.12 bits per heavy atom. The molecule has 0 spiro atoms. The first-order valence-corrected chi connectivity index (χ1v) is 8.51. The third kappa shape index (κ3) is 9.97. The molecule has 0 saturated carbocycles. The predicted octanol–water partition coefficient (Wildman–Crippen LogP) is 2.56. The Morgan fingerprint density at radius 3 is 2.27 bits per heavy atom. The molecule has 0 bridgehead atoms. The van der Waals surface area contributed by atoms with Gasteiger partial charge in [-0.25, -0.2) is 14.8 Å². The summed E-state index contributed by atoms with van der Waals surface area (Å²) in [5.41, 5.74) is -1.28. The Morgan fingerprint density at radius 2 is 1.73 bits per heavy atom. The molecule has 0 aromatic carbocycles. The average Bonchev–Trinajstić information content (AvgIpc) is 2.40. The molecule has 1 rings (SSSR count). The van der Waals surface area contributed by atoms with Gasteiger partial charge in [-0.1, -0.05) is 0 Å². The van der Waals surface area contributed by atoms with Gasteiger partial charge in [0.05, 0.1) is 12.5 Å². The number of esters is 1. The van der Waals surface area contributed by atoms with Crippen molar-refractivity contribution in [3.8, 4) is 0 Å². The molecular weight excluding hydrogens is 362 g/mol. The zero-order valence-corrected chi connectivity index (χ0v) is 16.7. The SMILES string of the molecule is CC(C)(C)OC(=O)C[C@@H](CNc1ncnc(Cl)n1)NC(=O)OC(C)(C)C. The van der Waals surface area contributed by atoms with Crippen LogP contribution in [-0.4, -0.2) is 50.8 Å². The summed E-state index contributed by atoms with van der Waals surface area (Å²) in [4.78, 5) is 35.6. The van der Waals surface area contributed by atoms with Crippen molar-refractivity contribution >= 4 is 29.6 Å². The quantitative estimate of drug-likeness (QED) is 0.715. The maximum Gasteiger partial charge on any atom is 0.407 e. The van der Waals surface area contributed by atoms with Crippen LogP contribution in [0.15, 0.2) is 6.33 Å². The number of hydrogen-bond donors (Lipinski definition) is 2. The zero-order chi connectivity index (χ0) is 20.0. The van der Waals surface area contributed by atoms with E-state index in [0.29, 0.717) is 0 Å². The summed E-state index contributed by atoms with van der Waals surface area (Å²) in [7, 11) is 0. The van der Waals surface area contributed by atoms with Gasteiger partial charge in [0.2, 0.25) is 11.2 Å². The lowest BCUT2D eigenvalue weighted by atomic mass is 10.1. The summed E-state index contributed by atoms with van der Waals surface area (Å²) in [6.07, 6.45) is 0.561. The molecule has 0 aliphatic heterocycles. The number of nitrogens with one attached hydrogen (secondary N) is 2. The largest absolute Gasteiger partial charge is 0.460 e. The van der Waals surface area contributed by atoms with E-state index < -0.39 is 29.3 Å². The summed E-state index contributed by atoms with van der Waals surface area (Å²) < 4.78 is 10.5. The van der Waals surface area contributed by atoms with Crippen LogP contribution in [0, 0.1) is 0 Å². The molecule has 0 radical (unpaired) electrons. The molecule has 9 nitrogen and oxygen atoms in total. The van der Waals surface area contributed by atoms with Crippen molar-refractivity contribution in [2.24, 2.45) is 0 Å². The summed E-state index contributed by atoms with van der Waals surface area (Å²) >= 11 is 5.71. The van der Waals surface area contributed by atoms with Gasteiger partial charge in [0.25, 0.3) is 0 Å². The molecule has 0 saturated heterocycles. The van der Waals surface area contributed by atoms with Crippen LogP contribution in [0.5, 0.6) is 0 Å². The molecule has 0 aliphatic carbocycles. The number of amides is 1. The zero-order valence-electron chi connectivity index (χ0n) is 15.9. The molecule has 146 valence electrons. The number of nitrogens with zero attached hydrogens (tertiary/aromatic N) is 3. The summed E-state index contributed by atoms with van der Waals surface area (Å²) in [6, 6.07) is -0.602.